The number of pyridine rings is 1. The van der Waals surface area contributed by atoms with Crippen LogP contribution in [0.2, 0.25) is 0 Å². The molecule has 6 heteroatoms. The van der Waals surface area contributed by atoms with E-state index in [0.29, 0.717) is 6.04 Å². The molecule has 0 bridgehead atoms. The van der Waals surface area contributed by atoms with Crippen LogP contribution in [0.1, 0.15) is 18.9 Å². The SMILES string of the molecule is CC1CN(C)CCCN1c1cnccc1/C(N)=N/O. The minimum atomic E-state index is 0.127. The lowest BCUT2D eigenvalue weighted by Crippen LogP contribution is -2.39. The molecule has 0 aliphatic carbocycles. The average molecular weight is 263 g/mol. The topological polar surface area (TPSA) is 78.0 Å². The number of oxime groups is 1. The Kier molecular flexibility index (Phi) is 4.21. The maximum Gasteiger partial charge on any atom is 0.172 e. The predicted molar refractivity (Wildman–Crippen MR) is 75.7 cm³/mol. The van der Waals surface area contributed by atoms with E-state index in [1.54, 1.807) is 18.5 Å². The fourth-order valence-corrected chi connectivity index (χ4v) is 2.62. The number of rotatable bonds is 2. The van der Waals surface area contributed by atoms with E-state index in [2.05, 4.69) is 33.9 Å². The first-order chi connectivity index (χ1) is 9.13. The van der Waals surface area contributed by atoms with Crippen molar-refractivity contribution >= 4 is 11.5 Å². The normalized spacial score (nSPS) is 22.3. The summed E-state index contributed by atoms with van der Waals surface area (Å²) in [6.07, 6.45) is 4.53. The number of hydrogen-bond acceptors (Lipinski definition) is 5. The Hall–Kier alpha value is -1.82. The lowest BCUT2D eigenvalue weighted by atomic mass is 10.1. The van der Waals surface area contributed by atoms with Crippen LogP contribution in [-0.2, 0) is 0 Å². The molecule has 1 aromatic rings. The summed E-state index contributed by atoms with van der Waals surface area (Å²) in [6.45, 7) is 5.21. The Balaban J connectivity index is 2.35. The highest BCUT2D eigenvalue weighted by Crippen LogP contribution is 2.23. The monoisotopic (exact) mass is 263 g/mol. The molecule has 0 radical (unpaired) electrons. The van der Waals surface area contributed by atoms with Crippen LogP contribution in [0.15, 0.2) is 23.6 Å². The molecule has 0 spiro atoms. The van der Waals surface area contributed by atoms with Crippen LogP contribution in [-0.4, -0.2) is 53.7 Å². The number of likely N-dealkylation sites (N-methyl/N-ethyl adjacent to an activating group) is 1. The summed E-state index contributed by atoms with van der Waals surface area (Å²) in [5.41, 5.74) is 7.41. The smallest absolute Gasteiger partial charge is 0.172 e. The molecule has 1 saturated heterocycles. The molecular weight excluding hydrogens is 242 g/mol. The zero-order valence-electron chi connectivity index (χ0n) is 11.5. The molecule has 1 aliphatic rings. The molecule has 1 aromatic heterocycles. The van der Waals surface area contributed by atoms with Crippen LogP contribution < -0.4 is 10.6 Å². The first-order valence-electron chi connectivity index (χ1n) is 6.50. The molecule has 6 nitrogen and oxygen atoms in total. The van der Waals surface area contributed by atoms with Crippen molar-refractivity contribution in [1.82, 2.24) is 9.88 Å². The van der Waals surface area contributed by atoms with Gasteiger partial charge in [-0.15, -0.1) is 0 Å². The molecule has 0 aromatic carbocycles. The van der Waals surface area contributed by atoms with E-state index in [-0.39, 0.29) is 5.84 Å². The van der Waals surface area contributed by atoms with Crippen molar-refractivity contribution in [2.75, 3.05) is 31.6 Å². The Morgan fingerprint density at radius 2 is 2.32 bits per heavy atom. The van der Waals surface area contributed by atoms with E-state index < -0.39 is 0 Å². The maximum absolute atomic E-state index is 8.89. The van der Waals surface area contributed by atoms with E-state index in [4.69, 9.17) is 10.9 Å². The third-order valence-corrected chi connectivity index (χ3v) is 3.54. The van der Waals surface area contributed by atoms with Crippen LogP contribution in [0.3, 0.4) is 0 Å². The summed E-state index contributed by atoms with van der Waals surface area (Å²) >= 11 is 0. The van der Waals surface area contributed by atoms with Gasteiger partial charge in [0.05, 0.1) is 11.9 Å². The van der Waals surface area contributed by atoms with Crippen LogP contribution in [0, 0.1) is 0 Å². The second kappa shape index (κ2) is 5.88. The van der Waals surface area contributed by atoms with Crippen molar-refractivity contribution in [3.8, 4) is 0 Å². The average Bonchev–Trinajstić information content (AvgIpc) is 2.58. The van der Waals surface area contributed by atoms with Gasteiger partial charge in [-0.05, 0) is 33.0 Å². The molecule has 2 heterocycles. The van der Waals surface area contributed by atoms with Gasteiger partial charge in [-0.1, -0.05) is 5.16 Å². The van der Waals surface area contributed by atoms with Crippen molar-refractivity contribution in [2.45, 2.75) is 19.4 Å². The van der Waals surface area contributed by atoms with E-state index in [1.165, 1.54) is 0 Å². The molecular formula is C13H21N5O. The largest absolute Gasteiger partial charge is 0.409 e. The Morgan fingerprint density at radius 3 is 3.05 bits per heavy atom. The lowest BCUT2D eigenvalue weighted by Gasteiger charge is -2.31. The second-order valence-electron chi connectivity index (χ2n) is 5.04. The van der Waals surface area contributed by atoms with Gasteiger partial charge in [0, 0.05) is 30.9 Å². The van der Waals surface area contributed by atoms with Crippen LogP contribution in [0.4, 0.5) is 5.69 Å². The molecule has 2 rings (SSSR count). The Morgan fingerprint density at radius 1 is 1.53 bits per heavy atom. The first-order valence-corrected chi connectivity index (χ1v) is 6.50. The van der Waals surface area contributed by atoms with Crippen molar-refractivity contribution < 1.29 is 5.21 Å². The first kappa shape index (κ1) is 13.6. The molecule has 1 unspecified atom stereocenters. The van der Waals surface area contributed by atoms with Crippen molar-refractivity contribution in [3.05, 3.63) is 24.0 Å². The van der Waals surface area contributed by atoms with E-state index in [1.807, 2.05) is 0 Å². The maximum atomic E-state index is 8.89. The van der Waals surface area contributed by atoms with Crippen LogP contribution >= 0.6 is 0 Å². The summed E-state index contributed by atoms with van der Waals surface area (Å²) in [5, 5.41) is 12.0. The highest BCUT2D eigenvalue weighted by molar-refractivity contribution is 6.02. The van der Waals surface area contributed by atoms with E-state index in [0.717, 1.165) is 37.3 Å². The molecule has 1 atom stereocenters. The van der Waals surface area contributed by atoms with Gasteiger partial charge in [-0.25, -0.2) is 0 Å². The van der Waals surface area contributed by atoms with Gasteiger partial charge >= 0.3 is 0 Å². The fourth-order valence-electron chi connectivity index (χ4n) is 2.62. The number of aromatic nitrogens is 1. The van der Waals surface area contributed by atoms with Crippen molar-refractivity contribution in [3.63, 3.8) is 0 Å². The zero-order valence-corrected chi connectivity index (χ0v) is 11.5. The van der Waals surface area contributed by atoms with E-state index in [9.17, 15) is 0 Å². The quantitative estimate of drug-likeness (QED) is 0.355. The Bertz CT molecular complexity index is 462. The molecule has 0 amide bonds. The zero-order chi connectivity index (χ0) is 13.8. The summed E-state index contributed by atoms with van der Waals surface area (Å²) < 4.78 is 0. The summed E-state index contributed by atoms with van der Waals surface area (Å²) in [6, 6.07) is 2.15. The third-order valence-electron chi connectivity index (χ3n) is 3.54. The fraction of sp³-hybridized carbons (Fsp3) is 0.538. The standard InChI is InChI=1S/C13H21N5O/c1-10-9-17(2)6-3-7-18(10)12-8-15-5-4-11(12)13(14)16-19/h4-5,8,10,19H,3,6-7,9H2,1-2H3,(H2,14,16). The molecule has 3 N–H and O–H groups in total. The molecule has 1 aliphatic heterocycles. The van der Waals surface area contributed by atoms with Gasteiger partial charge in [0.25, 0.3) is 0 Å². The summed E-state index contributed by atoms with van der Waals surface area (Å²) in [4.78, 5) is 8.78. The van der Waals surface area contributed by atoms with Crippen molar-refractivity contribution in [2.24, 2.45) is 10.9 Å². The van der Waals surface area contributed by atoms with Crippen molar-refractivity contribution in [1.29, 1.82) is 0 Å². The van der Waals surface area contributed by atoms with Gasteiger partial charge in [0.15, 0.2) is 5.84 Å². The van der Waals surface area contributed by atoms with Gasteiger partial charge in [-0.2, -0.15) is 0 Å². The minimum Gasteiger partial charge on any atom is -0.409 e. The molecule has 1 fully saturated rings. The molecule has 0 saturated carbocycles. The molecule has 19 heavy (non-hydrogen) atoms. The Labute approximate surface area is 113 Å². The van der Waals surface area contributed by atoms with Crippen LogP contribution in [0.25, 0.3) is 0 Å². The summed E-state index contributed by atoms with van der Waals surface area (Å²) in [7, 11) is 2.13. The number of amidine groups is 1. The lowest BCUT2D eigenvalue weighted by molar-refractivity contribution is 0.318. The van der Waals surface area contributed by atoms with Gasteiger partial charge in [0.2, 0.25) is 0 Å². The van der Waals surface area contributed by atoms with E-state index >= 15 is 0 Å². The molecule has 104 valence electrons. The number of nitrogens with two attached hydrogens (primary N) is 1. The number of hydrogen-bond donors (Lipinski definition) is 2. The van der Waals surface area contributed by atoms with Gasteiger partial charge in [0.1, 0.15) is 0 Å². The van der Waals surface area contributed by atoms with Gasteiger partial charge in [-0.3, -0.25) is 4.98 Å². The van der Waals surface area contributed by atoms with Crippen LogP contribution in [0.5, 0.6) is 0 Å². The predicted octanol–water partition coefficient (Wildman–Crippen LogP) is 0.707. The van der Waals surface area contributed by atoms with Gasteiger partial charge < -0.3 is 20.7 Å². The second-order valence-corrected chi connectivity index (χ2v) is 5.04. The highest BCUT2D eigenvalue weighted by atomic mass is 16.4. The number of anilines is 1. The summed E-state index contributed by atoms with van der Waals surface area (Å²) in [5.74, 6) is 0.127. The number of nitrogens with zero attached hydrogens (tertiary/aromatic N) is 4. The minimum absolute atomic E-state index is 0.127. The third kappa shape index (κ3) is 2.96. The highest BCUT2D eigenvalue weighted by Gasteiger charge is 2.22.